The highest BCUT2D eigenvalue weighted by Gasteiger charge is 2.10. The molecule has 0 spiro atoms. The number of sulfonamides is 1. The third-order valence-electron chi connectivity index (χ3n) is 2.01. The summed E-state index contributed by atoms with van der Waals surface area (Å²) in [6, 6.07) is 0. The zero-order valence-corrected chi connectivity index (χ0v) is 10.9. The SMILES string of the molecule is Cc1nc(CNS(=O)(=O)CCCCN)cs1. The Morgan fingerprint density at radius 2 is 2.25 bits per heavy atom. The Hall–Kier alpha value is -0.500. The van der Waals surface area contributed by atoms with E-state index in [1.807, 2.05) is 12.3 Å². The van der Waals surface area contributed by atoms with Crippen molar-refractivity contribution >= 4 is 21.4 Å². The van der Waals surface area contributed by atoms with Crippen LogP contribution in [0.1, 0.15) is 23.5 Å². The molecular weight excluding hydrogens is 246 g/mol. The van der Waals surface area contributed by atoms with Gasteiger partial charge in [-0.15, -0.1) is 11.3 Å². The van der Waals surface area contributed by atoms with Gasteiger partial charge in [0, 0.05) is 5.38 Å². The normalized spacial score (nSPS) is 11.9. The lowest BCUT2D eigenvalue weighted by Gasteiger charge is -2.04. The molecule has 0 aromatic carbocycles. The van der Waals surface area contributed by atoms with Crippen LogP contribution in [0, 0.1) is 6.92 Å². The summed E-state index contributed by atoms with van der Waals surface area (Å²) in [5.41, 5.74) is 6.07. The van der Waals surface area contributed by atoms with Crippen molar-refractivity contribution in [2.24, 2.45) is 5.73 Å². The maximum absolute atomic E-state index is 11.5. The minimum Gasteiger partial charge on any atom is -0.330 e. The minimum atomic E-state index is -3.18. The fourth-order valence-corrected chi connectivity index (χ4v) is 2.89. The standard InChI is InChI=1S/C9H17N3O2S2/c1-8-12-9(7-15-8)6-11-16(13,14)5-3-2-4-10/h7,11H,2-6,10H2,1H3. The molecule has 3 N–H and O–H groups in total. The second-order valence-corrected chi connectivity index (χ2v) is 6.48. The summed E-state index contributed by atoms with van der Waals surface area (Å²) in [6.45, 7) is 2.69. The number of unbranched alkanes of at least 4 members (excludes halogenated alkanes) is 1. The summed E-state index contributed by atoms with van der Waals surface area (Å²) in [5, 5.41) is 2.80. The highest BCUT2D eigenvalue weighted by atomic mass is 32.2. The predicted octanol–water partition coefficient (Wildman–Crippen LogP) is 0.610. The van der Waals surface area contributed by atoms with Gasteiger partial charge in [0.05, 0.1) is 23.0 Å². The first-order valence-electron chi connectivity index (χ1n) is 5.12. The molecular formula is C9H17N3O2S2. The molecule has 0 atom stereocenters. The van der Waals surface area contributed by atoms with Gasteiger partial charge in [-0.25, -0.2) is 18.1 Å². The van der Waals surface area contributed by atoms with Gasteiger partial charge >= 0.3 is 0 Å². The first kappa shape index (κ1) is 13.6. The average molecular weight is 263 g/mol. The van der Waals surface area contributed by atoms with Crippen molar-refractivity contribution in [3.63, 3.8) is 0 Å². The highest BCUT2D eigenvalue weighted by Crippen LogP contribution is 2.07. The van der Waals surface area contributed by atoms with Gasteiger partial charge in [0.15, 0.2) is 0 Å². The zero-order valence-electron chi connectivity index (χ0n) is 9.27. The molecule has 1 rings (SSSR count). The van der Waals surface area contributed by atoms with Crippen LogP contribution in [0.2, 0.25) is 0 Å². The summed E-state index contributed by atoms with van der Waals surface area (Å²) in [5.74, 6) is 0.132. The lowest BCUT2D eigenvalue weighted by atomic mass is 10.3. The van der Waals surface area contributed by atoms with Crippen LogP contribution >= 0.6 is 11.3 Å². The number of thiazole rings is 1. The van der Waals surface area contributed by atoms with Crippen LogP contribution in [0.3, 0.4) is 0 Å². The van der Waals surface area contributed by atoms with E-state index in [-0.39, 0.29) is 12.3 Å². The van der Waals surface area contributed by atoms with Crippen LogP contribution in [0.4, 0.5) is 0 Å². The van der Waals surface area contributed by atoms with E-state index in [1.54, 1.807) is 0 Å². The van der Waals surface area contributed by atoms with E-state index in [2.05, 4.69) is 9.71 Å². The summed E-state index contributed by atoms with van der Waals surface area (Å²) in [7, 11) is -3.18. The Morgan fingerprint density at radius 3 is 2.81 bits per heavy atom. The van der Waals surface area contributed by atoms with Crippen molar-refractivity contribution in [3.8, 4) is 0 Å². The molecule has 0 radical (unpaired) electrons. The van der Waals surface area contributed by atoms with Gasteiger partial charge < -0.3 is 5.73 Å². The molecule has 0 saturated carbocycles. The summed E-state index contributed by atoms with van der Waals surface area (Å²) in [4.78, 5) is 4.18. The second-order valence-electron chi connectivity index (χ2n) is 3.49. The van der Waals surface area contributed by atoms with Gasteiger partial charge in [0.25, 0.3) is 0 Å². The zero-order chi connectivity index (χ0) is 12.0. The molecule has 0 fully saturated rings. The molecule has 1 aromatic rings. The fourth-order valence-electron chi connectivity index (χ4n) is 1.18. The number of nitrogens with zero attached hydrogens (tertiary/aromatic N) is 1. The molecule has 0 saturated heterocycles. The van der Waals surface area contributed by atoms with Gasteiger partial charge in [-0.2, -0.15) is 0 Å². The van der Waals surface area contributed by atoms with Crippen molar-refractivity contribution in [3.05, 3.63) is 16.1 Å². The molecule has 16 heavy (non-hydrogen) atoms. The maximum Gasteiger partial charge on any atom is 0.211 e. The molecule has 1 heterocycles. The fraction of sp³-hybridized carbons (Fsp3) is 0.667. The van der Waals surface area contributed by atoms with E-state index < -0.39 is 10.0 Å². The van der Waals surface area contributed by atoms with E-state index in [9.17, 15) is 8.42 Å². The van der Waals surface area contributed by atoms with Gasteiger partial charge in [-0.05, 0) is 26.3 Å². The van der Waals surface area contributed by atoms with Crippen LogP contribution in [0.25, 0.3) is 0 Å². The number of aromatic nitrogens is 1. The van der Waals surface area contributed by atoms with E-state index in [0.29, 0.717) is 13.0 Å². The van der Waals surface area contributed by atoms with Gasteiger partial charge in [-0.1, -0.05) is 0 Å². The van der Waals surface area contributed by atoms with Crippen LogP contribution in [0.15, 0.2) is 5.38 Å². The molecule has 0 aliphatic rings. The van der Waals surface area contributed by atoms with Crippen LogP contribution in [-0.2, 0) is 16.6 Å². The maximum atomic E-state index is 11.5. The Morgan fingerprint density at radius 1 is 1.50 bits per heavy atom. The van der Waals surface area contributed by atoms with Crippen LogP contribution < -0.4 is 10.5 Å². The molecule has 5 nitrogen and oxygen atoms in total. The largest absolute Gasteiger partial charge is 0.330 e. The van der Waals surface area contributed by atoms with Crippen LogP contribution in [0.5, 0.6) is 0 Å². The van der Waals surface area contributed by atoms with E-state index in [0.717, 1.165) is 17.1 Å². The van der Waals surface area contributed by atoms with E-state index in [4.69, 9.17) is 5.73 Å². The van der Waals surface area contributed by atoms with Crippen molar-refractivity contribution in [2.45, 2.75) is 26.3 Å². The number of hydrogen-bond donors (Lipinski definition) is 2. The number of aryl methyl sites for hydroxylation is 1. The number of nitrogens with one attached hydrogen (secondary N) is 1. The van der Waals surface area contributed by atoms with E-state index >= 15 is 0 Å². The topological polar surface area (TPSA) is 85.1 Å². The molecule has 0 aliphatic heterocycles. The minimum absolute atomic E-state index is 0.132. The predicted molar refractivity (Wildman–Crippen MR) is 65.8 cm³/mol. The van der Waals surface area contributed by atoms with Crippen LogP contribution in [-0.4, -0.2) is 25.7 Å². The molecule has 0 amide bonds. The Bertz CT molecular complexity index is 414. The Balaban J connectivity index is 2.36. The third kappa shape index (κ3) is 5.02. The highest BCUT2D eigenvalue weighted by molar-refractivity contribution is 7.89. The molecule has 7 heteroatoms. The van der Waals surface area contributed by atoms with Gasteiger partial charge in [0.1, 0.15) is 0 Å². The summed E-state index contributed by atoms with van der Waals surface area (Å²) in [6.07, 6.45) is 1.33. The van der Waals surface area contributed by atoms with Crippen molar-refractivity contribution < 1.29 is 8.42 Å². The Kier molecular flexibility index (Phi) is 5.33. The first-order valence-corrected chi connectivity index (χ1v) is 7.65. The average Bonchev–Trinajstić information content (AvgIpc) is 2.62. The molecule has 0 unspecified atom stereocenters. The summed E-state index contributed by atoms with van der Waals surface area (Å²) >= 11 is 1.51. The molecule has 1 aromatic heterocycles. The lowest BCUT2D eigenvalue weighted by molar-refractivity contribution is 0.576. The van der Waals surface area contributed by atoms with Gasteiger partial charge in [-0.3, -0.25) is 0 Å². The molecule has 92 valence electrons. The number of hydrogen-bond acceptors (Lipinski definition) is 5. The van der Waals surface area contributed by atoms with Crippen molar-refractivity contribution in [2.75, 3.05) is 12.3 Å². The first-order chi connectivity index (χ1) is 7.53. The molecule has 0 aliphatic carbocycles. The van der Waals surface area contributed by atoms with E-state index in [1.165, 1.54) is 11.3 Å². The number of nitrogens with two attached hydrogens (primary N) is 1. The lowest BCUT2D eigenvalue weighted by Crippen LogP contribution is -2.26. The third-order valence-corrected chi connectivity index (χ3v) is 4.24. The Labute approximate surface area is 100 Å². The number of rotatable bonds is 7. The van der Waals surface area contributed by atoms with Crippen molar-refractivity contribution in [1.82, 2.24) is 9.71 Å². The molecule has 0 bridgehead atoms. The monoisotopic (exact) mass is 263 g/mol. The second kappa shape index (κ2) is 6.29. The van der Waals surface area contributed by atoms with Crippen molar-refractivity contribution in [1.29, 1.82) is 0 Å². The summed E-state index contributed by atoms with van der Waals surface area (Å²) < 4.78 is 25.5. The smallest absolute Gasteiger partial charge is 0.211 e. The van der Waals surface area contributed by atoms with Gasteiger partial charge in [0.2, 0.25) is 10.0 Å². The quantitative estimate of drug-likeness (QED) is 0.706.